The van der Waals surface area contributed by atoms with Gasteiger partial charge in [-0.05, 0) is 118 Å². The molecular formula is C31H47NO4. The molecule has 1 N–H and O–H groups in total. The molecule has 1 aliphatic heterocycles. The number of hydrogen-bond donors (Lipinski definition) is 1. The van der Waals surface area contributed by atoms with Crippen molar-refractivity contribution in [1.82, 2.24) is 4.90 Å². The summed E-state index contributed by atoms with van der Waals surface area (Å²) in [5.74, 6) is 3.10. The first kappa shape index (κ1) is 25.3. The van der Waals surface area contributed by atoms with Gasteiger partial charge in [-0.2, -0.15) is 0 Å². The number of aryl methyl sites for hydroxylation is 1. The molecule has 0 amide bonds. The number of rotatable bonds is 9. The number of hydrogen-bond acceptors (Lipinski definition) is 5. The summed E-state index contributed by atoms with van der Waals surface area (Å²) in [6.07, 6.45) is 15.7. The molecule has 7 rings (SSSR count). The first-order chi connectivity index (χ1) is 17.7. The highest BCUT2D eigenvalue weighted by Gasteiger charge is 2.48. The van der Waals surface area contributed by atoms with Crippen LogP contribution in [0.4, 0.5) is 0 Å². The van der Waals surface area contributed by atoms with Gasteiger partial charge in [0.05, 0.1) is 19.3 Å². The topological polar surface area (TPSA) is 51.2 Å². The van der Waals surface area contributed by atoms with Crippen LogP contribution in [0.25, 0.3) is 0 Å². The zero-order valence-corrected chi connectivity index (χ0v) is 22.1. The number of fused-ring (bicyclic) bond motifs is 1. The summed E-state index contributed by atoms with van der Waals surface area (Å²) in [5, 5.41) is 9.99. The van der Waals surface area contributed by atoms with E-state index in [1.807, 2.05) is 0 Å². The van der Waals surface area contributed by atoms with E-state index in [1.165, 1.54) is 69.0 Å². The smallest absolute Gasteiger partial charge is 0.201 e. The van der Waals surface area contributed by atoms with Crippen molar-refractivity contribution in [1.29, 1.82) is 0 Å². The second-order valence-corrected chi connectivity index (χ2v) is 12.9. The van der Waals surface area contributed by atoms with E-state index in [0.717, 1.165) is 76.2 Å². The molecule has 0 radical (unpaired) electrons. The molecule has 6 aliphatic rings. The summed E-state index contributed by atoms with van der Waals surface area (Å²) in [7, 11) is 0. The maximum atomic E-state index is 9.99. The molecule has 1 aromatic rings. The summed E-state index contributed by atoms with van der Waals surface area (Å²) in [6.45, 7) is 5.16. The molecule has 0 spiro atoms. The zero-order valence-electron chi connectivity index (χ0n) is 22.1. The summed E-state index contributed by atoms with van der Waals surface area (Å²) in [6, 6.07) is 9.36. The molecule has 1 saturated heterocycles. The van der Waals surface area contributed by atoms with E-state index in [1.54, 1.807) is 0 Å². The maximum absolute atomic E-state index is 9.99. The third kappa shape index (κ3) is 5.86. The lowest BCUT2D eigenvalue weighted by molar-refractivity contribution is -0.423. The number of morpholine rings is 1. The minimum Gasteiger partial charge on any atom is -0.379 e. The molecule has 5 saturated carbocycles. The van der Waals surface area contributed by atoms with Crippen LogP contribution in [-0.2, 0) is 20.8 Å². The molecule has 5 nitrogen and oxygen atoms in total. The van der Waals surface area contributed by atoms with Crippen molar-refractivity contribution in [2.24, 2.45) is 23.7 Å². The van der Waals surface area contributed by atoms with Crippen molar-refractivity contribution in [2.45, 2.75) is 101 Å². The van der Waals surface area contributed by atoms with Crippen LogP contribution in [0.15, 0.2) is 24.3 Å². The lowest BCUT2D eigenvalue weighted by Crippen LogP contribution is -2.44. The average molecular weight is 498 g/mol. The standard InChI is InChI=1S/C31H47NO4/c33-36-31(35-30-22-26-18-24-17-25(19-26)21-29(30)20-24)10-8-28(9-11-31)27-6-4-23(5-7-27)3-1-2-12-32-13-15-34-16-14-32/h4-7,24-26,28-30,33H,1-3,8-22H2/t24?,25?,26?,28?,29?,30-,31?/m0/s1. The minimum atomic E-state index is -0.788. The van der Waals surface area contributed by atoms with Gasteiger partial charge in [0, 0.05) is 25.9 Å². The molecule has 36 heavy (non-hydrogen) atoms. The van der Waals surface area contributed by atoms with E-state index in [0.29, 0.717) is 11.8 Å². The van der Waals surface area contributed by atoms with E-state index in [4.69, 9.17) is 14.4 Å². The first-order valence-corrected chi connectivity index (χ1v) is 15.1. The highest BCUT2D eigenvalue weighted by molar-refractivity contribution is 5.26. The van der Waals surface area contributed by atoms with Crippen LogP contribution >= 0.6 is 0 Å². The van der Waals surface area contributed by atoms with Gasteiger partial charge in [0.25, 0.3) is 0 Å². The van der Waals surface area contributed by atoms with E-state index >= 15 is 0 Å². The Balaban J connectivity index is 0.976. The van der Waals surface area contributed by atoms with Gasteiger partial charge in [-0.15, -0.1) is 0 Å². The molecule has 4 bridgehead atoms. The van der Waals surface area contributed by atoms with Gasteiger partial charge in [0.15, 0.2) is 0 Å². The maximum Gasteiger partial charge on any atom is 0.201 e. The molecule has 5 heteroatoms. The third-order valence-electron chi connectivity index (χ3n) is 10.4. The first-order valence-electron chi connectivity index (χ1n) is 15.1. The Morgan fingerprint density at radius 1 is 0.861 bits per heavy atom. The lowest BCUT2D eigenvalue weighted by Gasteiger charge is -2.42. The van der Waals surface area contributed by atoms with Crippen molar-refractivity contribution in [3.05, 3.63) is 35.4 Å². The van der Waals surface area contributed by atoms with Crippen LogP contribution in [0.5, 0.6) is 0 Å². The van der Waals surface area contributed by atoms with Crippen LogP contribution in [0.1, 0.15) is 94.1 Å². The largest absolute Gasteiger partial charge is 0.379 e. The van der Waals surface area contributed by atoms with Gasteiger partial charge in [-0.3, -0.25) is 4.90 Å². The molecule has 5 aliphatic carbocycles. The van der Waals surface area contributed by atoms with Crippen molar-refractivity contribution in [3.63, 3.8) is 0 Å². The third-order valence-corrected chi connectivity index (χ3v) is 10.4. The van der Waals surface area contributed by atoms with Crippen LogP contribution in [0.2, 0.25) is 0 Å². The van der Waals surface area contributed by atoms with E-state index in [2.05, 4.69) is 29.2 Å². The number of benzene rings is 1. The van der Waals surface area contributed by atoms with Crippen molar-refractivity contribution < 1.29 is 19.6 Å². The minimum absolute atomic E-state index is 0.275. The number of ether oxygens (including phenoxy) is 2. The van der Waals surface area contributed by atoms with Crippen LogP contribution in [-0.4, -0.2) is 54.9 Å². The lowest BCUT2D eigenvalue weighted by atomic mass is 9.68. The molecule has 1 aromatic carbocycles. The molecule has 6 fully saturated rings. The molecule has 200 valence electrons. The second kappa shape index (κ2) is 11.4. The predicted molar refractivity (Wildman–Crippen MR) is 141 cm³/mol. The van der Waals surface area contributed by atoms with Gasteiger partial charge < -0.3 is 9.47 Å². The summed E-state index contributed by atoms with van der Waals surface area (Å²) < 4.78 is 12.2. The Labute approximate surface area is 217 Å². The quantitative estimate of drug-likeness (QED) is 0.185. The fourth-order valence-corrected chi connectivity index (χ4v) is 8.54. The highest BCUT2D eigenvalue weighted by Crippen LogP contribution is 2.53. The Bertz CT molecular complexity index is 815. The number of nitrogens with zero attached hydrogens (tertiary/aromatic N) is 1. The van der Waals surface area contributed by atoms with Crippen LogP contribution in [0, 0.1) is 23.7 Å². The van der Waals surface area contributed by atoms with Crippen LogP contribution in [0.3, 0.4) is 0 Å². The number of unbranched alkanes of at least 4 members (excludes halogenated alkanes) is 1. The monoisotopic (exact) mass is 497 g/mol. The van der Waals surface area contributed by atoms with Gasteiger partial charge in [-0.25, -0.2) is 10.1 Å². The van der Waals surface area contributed by atoms with Gasteiger partial charge in [0.1, 0.15) is 0 Å². The Morgan fingerprint density at radius 2 is 1.53 bits per heavy atom. The summed E-state index contributed by atoms with van der Waals surface area (Å²) in [5.41, 5.74) is 2.88. The zero-order chi connectivity index (χ0) is 24.4. The normalized spacial score (nSPS) is 38.8. The Morgan fingerprint density at radius 3 is 2.19 bits per heavy atom. The van der Waals surface area contributed by atoms with Crippen molar-refractivity contribution in [2.75, 3.05) is 32.8 Å². The van der Waals surface area contributed by atoms with E-state index < -0.39 is 5.79 Å². The molecule has 2 unspecified atom stereocenters. The molecule has 3 atom stereocenters. The molecule has 1 heterocycles. The second-order valence-electron chi connectivity index (χ2n) is 12.9. The van der Waals surface area contributed by atoms with Crippen LogP contribution < -0.4 is 0 Å². The van der Waals surface area contributed by atoms with Crippen molar-refractivity contribution >= 4 is 0 Å². The highest BCUT2D eigenvalue weighted by atomic mass is 17.1. The van der Waals surface area contributed by atoms with E-state index in [-0.39, 0.29) is 6.10 Å². The summed E-state index contributed by atoms with van der Waals surface area (Å²) in [4.78, 5) is 7.71. The van der Waals surface area contributed by atoms with Gasteiger partial charge in [-0.1, -0.05) is 24.3 Å². The fraction of sp³-hybridized carbons (Fsp3) is 0.806. The SMILES string of the molecule is OOC1(O[C@H]2CC3CC4CC(C3)CC2C4)CCC(c2ccc(CCCCN3CCOCC3)cc2)CC1. The van der Waals surface area contributed by atoms with Gasteiger partial charge in [0.2, 0.25) is 5.79 Å². The van der Waals surface area contributed by atoms with Crippen molar-refractivity contribution in [3.8, 4) is 0 Å². The Kier molecular flexibility index (Phi) is 8.02. The predicted octanol–water partition coefficient (Wildman–Crippen LogP) is 6.42. The van der Waals surface area contributed by atoms with E-state index in [9.17, 15) is 5.26 Å². The fourth-order valence-electron chi connectivity index (χ4n) is 8.54. The van der Waals surface area contributed by atoms with Gasteiger partial charge >= 0.3 is 0 Å². The Hall–Kier alpha value is -0.980. The molecule has 0 aromatic heterocycles. The summed E-state index contributed by atoms with van der Waals surface area (Å²) >= 11 is 0. The average Bonchev–Trinajstić information content (AvgIpc) is 3.10. The molecular weight excluding hydrogens is 450 g/mol.